The third-order valence-corrected chi connectivity index (χ3v) is 3.37. The van der Waals surface area contributed by atoms with Gasteiger partial charge in [-0.15, -0.1) is 5.10 Å². The number of nitrogens with zero attached hydrogens (tertiary/aromatic N) is 4. The van der Waals surface area contributed by atoms with Gasteiger partial charge in [-0.25, -0.2) is 0 Å². The van der Waals surface area contributed by atoms with Gasteiger partial charge in [0.2, 0.25) is 0 Å². The number of aromatic nitrogens is 4. The molecular formula is C16H17N5O. The van der Waals surface area contributed by atoms with E-state index in [2.05, 4.69) is 20.8 Å². The van der Waals surface area contributed by atoms with Crippen molar-refractivity contribution in [1.82, 2.24) is 20.2 Å². The van der Waals surface area contributed by atoms with Gasteiger partial charge < -0.3 is 10.4 Å². The molecule has 112 valence electrons. The summed E-state index contributed by atoms with van der Waals surface area (Å²) >= 11 is 0. The van der Waals surface area contributed by atoms with E-state index in [0.717, 1.165) is 22.8 Å². The smallest absolute Gasteiger partial charge is 0.178 e. The van der Waals surface area contributed by atoms with Crippen LogP contribution in [0.4, 0.5) is 5.69 Å². The molecule has 2 N–H and O–H groups in total. The lowest BCUT2D eigenvalue weighted by molar-refractivity contribution is 0.282. The van der Waals surface area contributed by atoms with Gasteiger partial charge in [0.15, 0.2) is 5.82 Å². The van der Waals surface area contributed by atoms with Crippen LogP contribution < -0.4 is 5.32 Å². The van der Waals surface area contributed by atoms with Gasteiger partial charge in [-0.2, -0.15) is 4.68 Å². The molecule has 3 rings (SSSR count). The zero-order valence-corrected chi connectivity index (χ0v) is 12.2. The van der Waals surface area contributed by atoms with Crippen LogP contribution in [-0.4, -0.2) is 25.3 Å². The minimum absolute atomic E-state index is 0.0195. The summed E-state index contributed by atoms with van der Waals surface area (Å²) in [4.78, 5) is 0. The fourth-order valence-electron chi connectivity index (χ4n) is 2.29. The molecule has 22 heavy (non-hydrogen) atoms. The van der Waals surface area contributed by atoms with Crippen LogP contribution in [0.3, 0.4) is 0 Å². The van der Waals surface area contributed by atoms with Gasteiger partial charge in [0.1, 0.15) is 0 Å². The first kappa shape index (κ1) is 14.2. The molecule has 0 aliphatic heterocycles. The highest BCUT2D eigenvalue weighted by atomic mass is 16.3. The van der Waals surface area contributed by atoms with Crippen LogP contribution in [0.2, 0.25) is 0 Å². The van der Waals surface area contributed by atoms with Crippen molar-refractivity contribution in [3.05, 3.63) is 66.0 Å². The second kappa shape index (κ2) is 6.36. The highest BCUT2D eigenvalue weighted by Gasteiger charge is 2.15. The Hall–Kier alpha value is -2.73. The molecule has 1 unspecified atom stereocenters. The number of rotatable bonds is 5. The average molecular weight is 295 g/mol. The molecule has 3 aromatic rings. The Bertz CT molecular complexity index is 741. The summed E-state index contributed by atoms with van der Waals surface area (Å²) in [6, 6.07) is 17.3. The predicted molar refractivity (Wildman–Crippen MR) is 83.6 cm³/mol. The second-order valence-corrected chi connectivity index (χ2v) is 5.01. The summed E-state index contributed by atoms with van der Waals surface area (Å²) in [6.07, 6.45) is 0. The lowest BCUT2D eigenvalue weighted by Crippen LogP contribution is -2.13. The molecule has 0 amide bonds. The Morgan fingerprint density at radius 1 is 1.14 bits per heavy atom. The van der Waals surface area contributed by atoms with Crippen LogP contribution >= 0.6 is 0 Å². The number of benzene rings is 2. The maximum atomic E-state index is 9.21. The van der Waals surface area contributed by atoms with Crippen molar-refractivity contribution in [2.75, 3.05) is 5.32 Å². The fourth-order valence-corrected chi connectivity index (χ4v) is 2.29. The molecule has 6 nitrogen and oxygen atoms in total. The fraction of sp³-hybridized carbons (Fsp3) is 0.188. The van der Waals surface area contributed by atoms with E-state index in [0.29, 0.717) is 0 Å². The molecule has 0 spiro atoms. The van der Waals surface area contributed by atoms with Crippen molar-refractivity contribution in [2.24, 2.45) is 0 Å². The maximum absolute atomic E-state index is 9.21. The third-order valence-electron chi connectivity index (χ3n) is 3.37. The Kier molecular flexibility index (Phi) is 4.11. The van der Waals surface area contributed by atoms with E-state index < -0.39 is 0 Å². The molecule has 0 bridgehead atoms. The number of aliphatic hydroxyl groups excluding tert-OH is 1. The van der Waals surface area contributed by atoms with E-state index in [-0.39, 0.29) is 12.6 Å². The van der Waals surface area contributed by atoms with Crippen LogP contribution in [-0.2, 0) is 6.61 Å². The molecule has 0 radical (unpaired) electrons. The van der Waals surface area contributed by atoms with Crippen molar-refractivity contribution in [3.63, 3.8) is 0 Å². The molecule has 0 aliphatic carbocycles. The molecule has 0 fully saturated rings. The van der Waals surface area contributed by atoms with Gasteiger partial charge in [0.25, 0.3) is 0 Å². The second-order valence-electron chi connectivity index (χ2n) is 5.01. The number of tetrazole rings is 1. The van der Waals surface area contributed by atoms with Crippen molar-refractivity contribution in [2.45, 2.75) is 19.6 Å². The van der Waals surface area contributed by atoms with Crippen LogP contribution in [0.15, 0.2) is 54.6 Å². The van der Waals surface area contributed by atoms with E-state index in [1.807, 2.05) is 61.5 Å². The molecule has 1 heterocycles. The number of hydrogen-bond acceptors (Lipinski definition) is 5. The van der Waals surface area contributed by atoms with Gasteiger partial charge in [-0.1, -0.05) is 30.3 Å². The quantitative estimate of drug-likeness (QED) is 0.755. The largest absolute Gasteiger partial charge is 0.392 e. The van der Waals surface area contributed by atoms with E-state index in [1.165, 1.54) is 0 Å². The SMILES string of the molecule is CC(Nc1cccc(CO)c1)c1nnnn1-c1ccccc1. The zero-order chi connectivity index (χ0) is 15.4. The van der Waals surface area contributed by atoms with Gasteiger partial charge >= 0.3 is 0 Å². The molecular weight excluding hydrogens is 278 g/mol. The minimum Gasteiger partial charge on any atom is -0.392 e. The zero-order valence-electron chi connectivity index (χ0n) is 12.2. The summed E-state index contributed by atoms with van der Waals surface area (Å²) in [5, 5.41) is 24.5. The number of aliphatic hydroxyl groups is 1. The number of anilines is 1. The first-order valence-electron chi connectivity index (χ1n) is 7.08. The average Bonchev–Trinajstić information content (AvgIpc) is 3.05. The standard InChI is InChI=1S/C16H17N5O/c1-12(17-14-7-5-6-13(10-14)11-22)16-18-19-20-21(16)15-8-3-2-4-9-15/h2-10,12,17,22H,11H2,1H3. The van der Waals surface area contributed by atoms with Gasteiger partial charge in [0.05, 0.1) is 18.3 Å². The Balaban J connectivity index is 1.84. The monoisotopic (exact) mass is 295 g/mol. The highest BCUT2D eigenvalue weighted by Crippen LogP contribution is 2.20. The molecule has 0 saturated heterocycles. The van der Waals surface area contributed by atoms with Crippen LogP contribution in [0.25, 0.3) is 5.69 Å². The third kappa shape index (κ3) is 2.96. The summed E-state index contributed by atoms with van der Waals surface area (Å²) in [6.45, 7) is 2.02. The summed E-state index contributed by atoms with van der Waals surface area (Å²) in [5.41, 5.74) is 2.70. The summed E-state index contributed by atoms with van der Waals surface area (Å²) < 4.78 is 1.72. The number of hydrogen-bond donors (Lipinski definition) is 2. The number of nitrogens with one attached hydrogen (secondary N) is 1. The first-order valence-corrected chi connectivity index (χ1v) is 7.08. The molecule has 2 aromatic carbocycles. The molecule has 0 saturated carbocycles. The van der Waals surface area contributed by atoms with Crippen LogP contribution in [0, 0.1) is 0 Å². The van der Waals surface area contributed by atoms with Gasteiger partial charge in [-0.05, 0) is 47.2 Å². The molecule has 1 aromatic heterocycles. The van der Waals surface area contributed by atoms with E-state index in [4.69, 9.17) is 0 Å². The predicted octanol–water partition coefficient (Wildman–Crippen LogP) is 2.33. The van der Waals surface area contributed by atoms with Gasteiger partial charge in [0, 0.05) is 5.69 Å². The normalized spacial score (nSPS) is 12.1. The van der Waals surface area contributed by atoms with E-state index >= 15 is 0 Å². The van der Waals surface area contributed by atoms with E-state index in [1.54, 1.807) is 4.68 Å². The Morgan fingerprint density at radius 2 is 1.95 bits per heavy atom. The molecule has 1 atom stereocenters. The maximum Gasteiger partial charge on any atom is 0.178 e. The lowest BCUT2D eigenvalue weighted by Gasteiger charge is -2.15. The van der Waals surface area contributed by atoms with Crippen molar-refractivity contribution in [1.29, 1.82) is 0 Å². The summed E-state index contributed by atoms with van der Waals surface area (Å²) in [5.74, 6) is 0.723. The number of para-hydroxylation sites is 1. The van der Waals surface area contributed by atoms with Crippen molar-refractivity contribution < 1.29 is 5.11 Å². The summed E-state index contributed by atoms with van der Waals surface area (Å²) in [7, 11) is 0. The lowest BCUT2D eigenvalue weighted by atomic mass is 10.2. The van der Waals surface area contributed by atoms with Crippen molar-refractivity contribution in [3.8, 4) is 5.69 Å². The van der Waals surface area contributed by atoms with Gasteiger partial charge in [-0.3, -0.25) is 0 Å². The van der Waals surface area contributed by atoms with Crippen LogP contribution in [0.5, 0.6) is 0 Å². The van der Waals surface area contributed by atoms with E-state index in [9.17, 15) is 5.11 Å². The van der Waals surface area contributed by atoms with Crippen molar-refractivity contribution >= 4 is 5.69 Å². The first-order chi connectivity index (χ1) is 10.8. The topological polar surface area (TPSA) is 75.9 Å². The Labute approximate surface area is 128 Å². The minimum atomic E-state index is -0.0795. The Morgan fingerprint density at radius 3 is 2.73 bits per heavy atom. The van der Waals surface area contributed by atoms with Crippen LogP contribution in [0.1, 0.15) is 24.4 Å². The highest BCUT2D eigenvalue weighted by molar-refractivity contribution is 5.47. The molecule has 6 heteroatoms. The molecule has 0 aliphatic rings.